The van der Waals surface area contributed by atoms with Gasteiger partial charge in [0.05, 0.1) is 0 Å². The lowest BCUT2D eigenvalue weighted by Crippen LogP contribution is -2.35. The molecule has 0 bridgehead atoms. The zero-order chi connectivity index (χ0) is 32.5. The number of anilines is 4. The molecule has 2 rings (SSSR count). The third kappa shape index (κ3) is 12.5. The van der Waals surface area contributed by atoms with Crippen molar-refractivity contribution in [1.82, 2.24) is 10.6 Å². The zero-order valence-corrected chi connectivity index (χ0v) is 24.3. The minimum atomic E-state index is -0.530. The van der Waals surface area contributed by atoms with Crippen molar-refractivity contribution in [3.8, 4) is 0 Å². The van der Waals surface area contributed by atoms with E-state index in [1.165, 1.54) is 36.4 Å². The van der Waals surface area contributed by atoms with Crippen molar-refractivity contribution < 1.29 is 28.8 Å². The van der Waals surface area contributed by atoms with Crippen LogP contribution in [0.2, 0.25) is 0 Å². The molecule has 0 atom stereocenters. The predicted molar refractivity (Wildman–Crippen MR) is 167 cm³/mol. The number of nitrogens with two attached hydrogens (primary N) is 4. The van der Waals surface area contributed by atoms with E-state index in [9.17, 15) is 28.8 Å². The van der Waals surface area contributed by atoms with Crippen molar-refractivity contribution in [2.24, 2.45) is 22.9 Å². The van der Waals surface area contributed by atoms with Crippen molar-refractivity contribution >= 4 is 58.2 Å². The number of amides is 6. The van der Waals surface area contributed by atoms with Gasteiger partial charge in [-0.15, -0.1) is 0 Å². The molecule has 44 heavy (non-hydrogen) atoms. The second-order valence-electron chi connectivity index (χ2n) is 9.46. The van der Waals surface area contributed by atoms with Gasteiger partial charge in [0.2, 0.25) is 23.6 Å². The molecule has 0 saturated carbocycles. The van der Waals surface area contributed by atoms with Crippen LogP contribution in [0.5, 0.6) is 0 Å². The number of carbonyl (C=O) groups is 6. The second kappa shape index (κ2) is 18.6. The highest BCUT2D eigenvalue weighted by Crippen LogP contribution is 2.21. The Bertz CT molecular complexity index is 1170. The van der Waals surface area contributed by atoms with Crippen LogP contribution < -0.4 is 54.8 Å². The van der Waals surface area contributed by atoms with Gasteiger partial charge in [-0.1, -0.05) is 0 Å². The molecule has 16 heteroatoms. The van der Waals surface area contributed by atoms with Crippen LogP contribution in [-0.4, -0.2) is 74.7 Å². The molecule has 2 aromatic carbocycles. The summed E-state index contributed by atoms with van der Waals surface area (Å²) in [5, 5.41) is 15.9. The number of nitrogens with one attached hydrogen (secondary N) is 6. The molecule has 14 N–H and O–H groups in total. The molecule has 0 aliphatic heterocycles. The van der Waals surface area contributed by atoms with Gasteiger partial charge >= 0.3 is 0 Å². The van der Waals surface area contributed by atoms with Gasteiger partial charge in [-0.05, 0) is 36.4 Å². The van der Waals surface area contributed by atoms with E-state index in [4.69, 9.17) is 22.9 Å². The molecule has 0 unspecified atom stereocenters. The van der Waals surface area contributed by atoms with Gasteiger partial charge in [0.1, 0.15) is 0 Å². The molecule has 0 aromatic heterocycles. The molecule has 2 aromatic rings. The van der Waals surface area contributed by atoms with Gasteiger partial charge < -0.3 is 54.8 Å². The summed E-state index contributed by atoms with van der Waals surface area (Å²) in [6.45, 7) is 0.585. The van der Waals surface area contributed by atoms with Crippen molar-refractivity contribution in [1.29, 1.82) is 0 Å². The van der Waals surface area contributed by atoms with Gasteiger partial charge in [0, 0.05) is 98.8 Å². The lowest BCUT2D eigenvalue weighted by atomic mass is 10.1. The molecule has 0 spiro atoms. The highest BCUT2D eigenvalue weighted by molar-refractivity contribution is 6.02. The summed E-state index contributed by atoms with van der Waals surface area (Å²) in [7, 11) is 0. The Balaban J connectivity index is 2.09. The topological polar surface area (TPSA) is 279 Å². The third-order valence-corrected chi connectivity index (χ3v) is 5.71. The first-order valence-corrected chi connectivity index (χ1v) is 13.9. The van der Waals surface area contributed by atoms with E-state index in [0.717, 1.165) is 0 Å². The highest BCUT2D eigenvalue weighted by atomic mass is 16.2. The smallest absolute Gasteiger partial charge is 0.251 e. The molecule has 0 saturated heterocycles. The Morgan fingerprint density at radius 2 is 0.682 bits per heavy atom. The van der Waals surface area contributed by atoms with E-state index in [2.05, 4.69) is 31.9 Å². The molecule has 0 radical (unpaired) electrons. The molecule has 0 heterocycles. The van der Waals surface area contributed by atoms with Crippen LogP contribution >= 0.6 is 0 Å². The summed E-state index contributed by atoms with van der Waals surface area (Å²) in [4.78, 5) is 74.0. The lowest BCUT2D eigenvalue weighted by Gasteiger charge is -2.13. The Morgan fingerprint density at radius 1 is 0.432 bits per heavy atom. The third-order valence-electron chi connectivity index (χ3n) is 5.71. The number of rotatable bonds is 17. The molecular formula is C28H40N10O6. The number of carbonyl (C=O) groups excluding carboxylic acids is 6. The van der Waals surface area contributed by atoms with Crippen LogP contribution in [0.1, 0.15) is 46.4 Å². The first kappa shape index (κ1) is 35.3. The van der Waals surface area contributed by atoms with Gasteiger partial charge in [-0.3, -0.25) is 28.8 Å². The quantitative estimate of drug-likeness (QED) is 0.0972. The van der Waals surface area contributed by atoms with Crippen LogP contribution in [0.25, 0.3) is 0 Å². The fraction of sp³-hybridized carbons (Fsp3) is 0.357. The van der Waals surface area contributed by atoms with E-state index < -0.39 is 11.8 Å². The average Bonchev–Trinajstić information content (AvgIpc) is 2.95. The van der Waals surface area contributed by atoms with Crippen molar-refractivity contribution in [3.63, 3.8) is 0 Å². The van der Waals surface area contributed by atoms with Gasteiger partial charge in [0.25, 0.3) is 11.8 Å². The van der Waals surface area contributed by atoms with Crippen molar-refractivity contribution in [3.05, 3.63) is 47.5 Å². The number of hydrogen-bond acceptors (Lipinski definition) is 10. The van der Waals surface area contributed by atoms with Crippen molar-refractivity contribution in [2.45, 2.75) is 25.7 Å². The first-order valence-electron chi connectivity index (χ1n) is 13.9. The Labute approximate surface area is 254 Å². The van der Waals surface area contributed by atoms with Crippen LogP contribution in [0.3, 0.4) is 0 Å². The minimum Gasteiger partial charge on any atom is -0.350 e. The van der Waals surface area contributed by atoms with Crippen molar-refractivity contribution in [2.75, 3.05) is 60.5 Å². The maximum absolute atomic E-state index is 12.9. The molecule has 0 fully saturated rings. The zero-order valence-electron chi connectivity index (χ0n) is 24.3. The van der Waals surface area contributed by atoms with Gasteiger partial charge in [0.15, 0.2) is 0 Å². The van der Waals surface area contributed by atoms with E-state index >= 15 is 0 Å². The van der Waals surface area contributed by atoms with Crippen LogP contribution in [0.15, 0.2) is 36.4 Å². The molecule has 238 valence electrons. The normalized spacial score (nSPS) is 10.4. The lowest BCUT2D eigenvalue weighted by molar-refractivity contribution is -0.116. The fourth-order valence-corrected chi connectivity index (χ4v) is 3.78. The molecule has 0 aliphatic carbocycles. The Hall–Kier alpha value is -4.90. The SMILES string of the molecule is NCCC(=O)Nc1cc(NC(=O)CCN)cc(C(=O)NCCNC(=O)c2cc(NC(=O)CCN)cc(NC(=O)CCN)c2)c1. The molecule has 6 amide bonds. The Morgan fingerprint density at radius 3 is 0.909 bits per heavy atom. The summed E-state index contributed by atoms with van der Waals surface area (Å²) in [6.07, 6.45) is 0.260. The largest absolute Gasteiger partial charge is 0.350 e. The van der Waals surface area contributed by atoms with E-state index in [-0.39, 0.29) is 122 Å². The Kier molecular flexibility index (Phi) is 14.9. The van der Waals surface area contributed by atoms with Gasteiger partial charge in [-0.2, -0.15) is 0 Å². The second-order valence-corrected chi connectivity index (χ2v) is 9.46. The molecule has 16 nitrogen and oxygen atoms in total. The molecule has 0 aliphatic rings. The summed E-state index contributed by atoms with van der Waals surface area (Å²) in [5.74, 6) is -2.51. The van der Waals surface area contributed by atoms with Crippen LogP contribution in [-0.2, 0) is 19.2 Å². The number of hydrogen-bond donors (Lipinski definition) is 10. The van der Waals surface area contributed by atoms with E-state index in [0.29, 0.717) is 0 Å². The summed E-state index contributed by atoms with van der Waals surface area (Å²) in [6, 6.07) is 8.74. The minimum absolute atomic E-state index is 0.0240. The molecular weight excluding hydrogens is 572 g/mol. The fourth-order valence-electron chi connectivity index (χ4n) is 3.78. The average molecular weight is 613 g/mol. The predicted octanol–water partition coefficient (Wildman–Crippen LogP) is -1.00. The maximum Gasteiger partial charge on any atom is 0.251 e. The van der Waals surface area contributed by atoms with Crippen LogP contribution in [0, 0.1) is 0 Å². The standard InChI is InChI=1S/C28H40N10O6/c29-5-1-23(39)35-19-11-17(12-20(15-19)36-24(40)2-6-30)27(43)33-9-10-34-28(44)18-13-21(37-25(41)3-7-31)16-22(14-18)38-26(42)4-8-32/h11-16H,1-10,29-32H2,(H,33,43)(H,34,44)(H,35,39)(H,36,40)(H,37,41)(H,38,42). The number of benzene rings is 2. The highest BCUT2D eigenvalue weighted by Gasteiger charge is 2.14. The van der Waals surface area contributed by atoms with E-state index in [1.54, 1.807) is 0 Å². The van der Waals surface area contributed by atoms with Crippen LogP contribution in [0.4, 0.5) is 22.7 Å². The maximum atomic E-state index is 12.9. The van der Waals surface area contributed by atoms with E-state index in [1.807, 2.05) is 0 Å². The summed E-state index contributed by atoms with van der Waals surface area (Å²) < 4.78 is 0. The summed E-state index contributed by atoms with van der Waals surface area (Å²) in [5.41, 5.74) is 23.1. The first-order chi connectivity index (χ1) is 21.1. The van der Waals surface area contributed by atoms with Gasteiger partial charge in [-0.25, -0.2) is 0 Å². The monoisotopic (exact) mass is 612 g/mol. The summed E-state index contributed by atoms with van der Waals surface area (Å²) >= 11 is 0.